The Kier molecular flexibility index (Phi) is 28.3. The van der Waals surface area contributed by atoms with Gasteiger partial charge in [-0.1, -0.05) is 24.3 Å². The van der Waals surface area contributed by atoms with Gasteiger partial charge < -0.3 is 45.0 Å². The third-order valence-electron chi connectivity index (χ3n) is 6.05. The first-order valence-corrected chi connectivity index (χ1v) is 18.9. The Labute approximate surface area is 427 Å². The Morgan fingerprint density at radius 2 is 1.31 bits per heavy atom. The molecule has 0 radical (unpaired) electrons. The number of methoxy groups -OCH3 is 2. The van der Waals surface area contributed by atoms with E-state index >= 15 is 0 Å². The van der Waals surface area contributed by atoms with Gasteiger partial charge in [-0.25, -0.2) is 21.8 Å². The molecule has 0 fully saturated rings. The summed E-state index contributed by atoms with van der Waals surface area (Å²) in [6, 6.07) is 8.08. The van der Waals surface area contributed by atoms with E-state index < -0.39 is 30.9 Å². The summed E-state index contributed by atoms with van der Waals surface area (Å²) in [6.07, 6.45) is 4.07. The molecular weight excluding hydrogens is 897 g/mol. The zero-order chi connectivity index (χ0) is 39.1. The fraction of sp³-hybridized carbons (Fsp3) is 0.192. The van der Waals surface area contributed by atoms with E-state index in [0.717, 1.165) is 6.07 Å². The van der Waals surface area contributed by atoms with E-state index in [4.69, 9.17) is 9.47 Å². The van der Waals surface area contributed by atoms with Crippen molar-refractivity contribution < 1.29 is 183 Å². The van der Waals surface area contributed by atoms with Gasteiger partial charge in [-0.2, -0.15) is 38.6 Å². The molecule has 0 bridgehead atoms. The second-order valence-electron chi connectivity index (χ2n) is 9.60. The molecule has 58 heavy (non-hydrogen) atoms. The summed E-state index contributed by atoms with van der Waals surface area (Å²) in [5.41, 5.74) is 0.772. The molecule has 4 rings (SSSR count). The van der Waals surface area contributed by atoms with Crippen LogP contribution < -0.4 is 154 Å². The van der Waals surface area contributed by atoms with E-state index in [1.165, 1.54) is 56.9 Å². The summed E-state index contributed by atoms with van der Waals surface area (Å²) in [5.74, 6) is -1.03. The summed E-state index contributed by atoms with van der Waals surface area (Å²) in [4.78, 5) is 27.8. The first kappa shape index (κ1) is 57.1. The molecule has 0 unspecified atom stereocenters. The van der Waals surface area contributed by atoms with E-state index in [2.05, 4.69) is 69.6 Å². The first-order chi connectivity index (χ1) is 25.8. The number of nitrogens with zero attached hydrogens (tertiary/aromatic N) is 7. The Morgan fingerprint density at radius 1 is 0.741 bits per heavy atom. The van der Waals surface area contributed by atoms with Crippen LogP contribution in [0.5, 0.6) is 12.0 Å². The number of benzene rings is 2. The molecule has 0 aliphatic heterocycles. The van der Waals surface area contributed by atoms with Crippen LogP contribution in [0.25, 0.3) is 12.2 Å². The SMILES string of the molecule is COc1nc(/N=C/CSOO[O-])nc(Nc2ccc(/C=C/c3ccc(Nc4nc(NCCS(=O)(=O)[O-])nc(OC)n4)cc3SOO[O-])c(S(=O)(=O)[O-])c2)n1.[Na+].[Na+].[Na+].[Na+]. The van der Waals surface area contributed by atoms with Crippen LogP contribution in [0.4, 0.5) is 35.2 Å². The average Bonchev–Trinajstić information content (AvgIpc) is 3.12. The monoisotopic (exact) mass is 920 g/mol. The second kappa shape index (κ2) is 28.7. The number of nitrogens with one attached hydrogen (secondary N) is 3. The van der Waals surface area contributed by atoms with Crippen molar-refractivity contribution in [1.82, 2.24) is 29.9 Å². The fourth-order valence-electron chi connectivity index (χ4n) is 3.89. The van der Waals surface area contributed by atoms with Crippen LogP contribution in [-0.4, -0.2) is 94.3 Å². The minimum Gasteiger partial charge on any atom is -0.748 e. The molecule has 3 N–H and O–H groups in total. The van der Waals surface area contributed by atoms with Gasteiger partial charge in [-0.05, 0) is 35.4 Å². The number of anilines is 5. The maximum Gasteiger partial charge on any atom is 1.00 e. The van der Waals surface area contributed by atoms with Crippen molar-refractivity contribution in [1.29, 1.82) is 0 Å². The smallest absolute Gasteiger partial charge is 0.748 e. The zero-order valence-electron chi connectivity index (χ0n) is 31.3. The van der Waals surface area contributed by atoms with Gasteiger partial charge >= 0.3 is 130 Å². The molecule has 0 amide bonds. The number of rotatable bonds is 21. The fourth-order valence-corrected chi connectivity index (χ4v) is 5.68. The van der Waals surface area contributed by atoms with Crippen LogP contribution in [-0.2, 0) is 39.0 Å². The Balaban J connectivity index is 0.00000812. The summed E-state index contributed by atoms with van der Waals surface area (Å²) in [6.45, 7) is -0.286. The molecule has 24 nitrogen and oxygen atoms in total. The first-order valence-electron chi connectivity index (χ1n) is 14.3. The van der Waals surface area contributed by atoms with E-state index in [1.54, 1.807) is 6.07 Å². The topological polar surface area (TPSA) is 342 Å². The normalized spacial score (nSPS) is 11.1. The third-order valence-corrected chi connectivity index (χ3v) is 8.74. The van der Waals surface area contributed by atoms with Crippen LogP contribution >= 0.6 is 24.1 Å². The van der Waals surface area contributed by atoms with E-state index in [1.807, 2.05) is 0 Å². The molecule has 2 heterocycles. The minimum atomic E-state index is -5.05. The van der Waals surface area contributed by atoms with Gasteiger partial charge in [0.1, 0.15) is 10.1 Å². The van der Waals surface area contributed by atoms with Crippen LogP contribution in [0.2, 0.25) is 0 Å². The van der Waals surface area contributed by atoms with E-state index in [0.29, 0.717) is 35.3 Å². The molecule has 290 valence electrons. The van der Waals surface area contributed by atoms with Crippen LogP contribution in [0.3, 0.4) is 0 Å². The van der Waals surface area contributed by atoms with E-state index in [9.17, 15) is 36.5 Å². The van der Waals surface area contributed by atoms with Crippen LogP contribution in [0.1, 0.15) is 11.1 Å². The van der Waals surface area contributed by atoms with Gasteiger partial charge in [0.2, 0.25) is 17.8 Å². The molecule has 32 heteroatoms. The summed E-state index contributed by atoms with van der Waals surface area (Å²) >= 11 is 1.15. The van der Waals surface area contributed by atoms with Gasteiger partial charge in [0.15, 0.2) is 0 Å². The predicted octanol–water partition coefficient (Wildman–Crippen LogP) is -11.6. The van der Waals surface area contributed by atoms with Crippen molar-refractivity contribution >= 4 is 97.9 Å². The molecule has 4 aromatic rings. The van der Waals surface area contributed by atoms with Crippen molar-refractivity contribution in [3.8, 4) is 12.0 Å². The van der Waals surface area contributed by atoms with Gasteiger partial charge in [-0.15, -0.1) is 0 Å². The number of ether oxygens (including phenoxy) is 2. The maximum atomic E-state index is 12.3. The maximum absolute atomic E-state index is 12.3. The minimum absolute atomic E-state index is 0. The summed E-state index contributed by atoms with van der Waals surface area (Å²) < 4.78 is 88.5. The van der Waals surface area contributed by atoms with Gasteiger partial charge in [0.05, 0.1) is 52.8 Å². The molecule has 2 aromatic carbocycles. The molecule has 2 aromatic heterocycles. The predicted molar refractivity (Wildman–Crippen MR) is 183 cm³/mol. The Hall–Kier alpha value is -0.850. The van der Waals surface area contributed by atoms with Crippen molar-refractivity contribution in [2.24, 2.45) is 4.99 Å². The third kappa shape index (κ3) is 19.9. The van der Waals surface area contributed by atoms with Gasteiger partial charge in [0.25, 0.3) is 5.95 Å². The van der Waals surface area contributed by atoms with Crippen molar-refractivity contribution in [3.63, 3.8) is 0 Å². The zero-order valence-corrected chi connectivity index (χ0v) is 42.6. The average molecular weight is 921 g/mol. The Morgan fingerprint density at radius 3 is 1.91 bits per heavy atom. The van der Waals surface area contributed by atoms with Crippen molar-refractivity contribution in [2.75, 3.05) is 48.2 Å². The van der Waals surface area contributed by atoms with Crippen molar-refractivity contribution in [2.45, 2.75) is 9.79 Å². The standard InChI is InChI=1S/C26H28N10O14S4.4Na/c1-45-25-33-21(27-9-11-51-49-47-37)31-24(36-25)30-18-8-6-16(20(14-18)54(42,43)44)4-3-15-5-7-17(13-19(15)52-50-48-38)29-23-32-22(34-26(35-23)46-2)28-10-12-53(39,40)41;;;;/h3-9,13-14,37-38H,10-12H2,1-2H3,(H,39,40,41)(H,42,43,44)(H,30,31,33,36)(H2,28,29,32,34,35);;;;/q;4*+1/p-4/b4-3+,27-9+;;;;. The molecular formula is C26H24N10Na4O14S4. The molecule has 0 aliphatic rings. The number of hydrogen-bond acceptors (Lipinski definition) is 26. The van der Waals surface area contributed by atoms with Crippen LogP contribution in [0, 0.1) is 0 Å². The van der Waals surface area contributed by atoms with Crippen molar-refractivity contribution in [3.05, 3.63) is 47.5 Å². The van der Waals surface area contributed by atoms with Gasteiger partial charge in [-0.3, -0.25) is 10.1 Å². The molecule has 0 aliphatic carbocycles. The van der Waals surface area contributed by atoms with Crippen LogP contribution in [0.15, 0.2) is 51.2 Å². The largest absolute Gasteiger partial charge is 1.00 e. The molecule has 0 saturated heterocycles. The van der Waals surface area contributed by atoms with Gasteiger partial charge in [0, 0.05) is 41.1 Å². The summed E-state index contributed by atoms with van der Waals surface area (Å²) in [7, 11) is -6.98. The second-order valence-corrected chi connectivity index (χ2v) is 13.9. The molecule has 0 spiro atoms. The quantitative estimate of drug-likeness (QED) is 0.0102. The number of aliphatic imine (C=N–C) groups is 1. The Bertz CT molecular complexity index is 2200. The van der Waals surface area contributed by atoms with E-state index in [-0.39, 0.29) is 182 Å². The molecule has 0 atom stereocenters. The molecule has 0 saturated carbocycles. The summed E-state index contributed by atoms with van der Waals surface area (Å²) in [5, 5.41) is 35.5. The number of aromatic nitrogens is 6. The number of hydrogen-bond donors (Lipinski definition) is 3.